The van der Waals surface area contributed by atoms with Gasteiger partial charge in [0.25, 0.3) is 0 Å². The molecular formula is C18H21F3N2OS. The molecular weight excluding hydrogens is 349 g/mol. The third-order valence-corrected chi connectivity index (χ3v) is 5.20. The molecule has 3 rings (SSSR count). The summed E-state index contributed by atoms with van der Waals surface area (Å²) in [6.45, 7) is 4.32. The lowest BCUT2D eigenvalue weighted by Crippen LogP contribution is -2.42. The zero-order chi connectivity index (χ0) is 17.7. The van der Waals surface area contributed by atoms with Crippen LogP contribution < -0.4 is 5.32 Å². The summed E-state index contributed by atoms with van der Waals surface area (Å²) in [6, 6.07) is 9.64. The zero-order valence-corrected chi connectivity index (χ0v) is 14.6. The Labute approximate surface area is 149 Å². The van der Waals surface area contributed by atoms with Gasteiger partial charge in [-0.1, -0.05) is 18.2 Å². The molecule has 2 aromatic rings. The van der Waals surface area contributed by atoms with Crippen LogP contribution in [0.5, 0.6) is 0 Å². The minimum atomic E-state index is -4.30. The molecule has 1 aliphatic rings. The zero-order valence-electron chi connectivity index (χ0n) is 13.8. The number of hydrogen-bond acceptors (Lipinski definition) is 4. The van der Waals surface area contributed by atoms with Crippen LogP contribution in [0.15, 0.2) is 41.8 Å². The van der Waals surface area contributed by atoms with Crippen molar-refractivity contribution in [2.24, 2.45) is 0 Å². The van der Waals surface area contributed by atoms with Crippen LogP contribution in [0.3, 0.4) is 0 Å². The fraction of sp³-hybridized carbons (Fsp3) is 0.444. The van der Waals surface area contributed by atoms with E-state index in [1.165, 1.54) is 17.0 Å². The molecule has 0 amide bonds. The number of hydrogen-bond donors (Lipinski definition) is 1. The predicted octanol–water partition coefficient (Wildman–Crippen LogP) is 3.93. The topological polar surface area (TPSA) is 24.5 Å². The molecule has 7 heteroatoms. The molecule has 1 unspecified atom stereocenters. The predicted molar refractivity (Wildman–Crippen MR) is 92.6 cm³/mol. The maximum Gasteiger partial charge on any atom is 0.416 e. The van der Waals surface area contributed by atoms with Crippen molar-refractivity contribution < 1.29 is 17.9 Å². The molecule has 2 heterocycles. The van der Waals surface area contributed by atoms with E-state index >= 15 is 0 Å². The first-order valence-corrected chi connectivity index (χ1v) is 9.14. The molecule has 0 bridgehead atoms. The summed E-state index contributed by atoms with van der Waals surface area (Å²) in [4.78, 5) is 3.52. The van der Waals surface area contributed by atoms with Gasteiger partial charge in [-0.15, -0.1) is 11.3 Å². The Morgan fingerprint density at radius 1 is 1.12 bits per heavy atom. The van der Waals surface area contributed by atoms with Gasteiger partial charge < -0.3 is 10.1 Å². The van der Waals surface area contributed by atoms with Gasteiger partial charge in [0.05, 0.1) is 18.8 Å². The molecule has 0 spiro atoms. The average molecular weight is 370 g/mol. The Kier molecular flexibility index (Phi) is 6.11. The summed E-state index contributed by atoms with van der Waals surface area (Å²) in [6.07, 6.45) is -4.30. The molecule has 0 aliphatic carbocycles. The Morgan fingerprint density at radius 2 is 1.84 bits per heavy atom. The van der Waals surface area contributed by atoms with Crippen LogP contribution in [0.2, 0.25) is 0 Å². The third kappa shape index (κ3) is 5.04. The monoisotopic (exact) mass is 370 g/mol. The van der Waals surface area contributed by atoms with Gasteiger partial charge in [-0.3, -0.25) is 4.90 Å². The molecule has 1 aromatic carbocycles. The molecule has 1 atom stereocenters. The summed E-state index contributed by atoms with van der Waals surface area (Å²) in [5.41, 5.74) is 0.289. The standard InChI is InChI=1S/C18H21F3N2OS/c19-18(20,21)15-5-3-14(4-6-15)17(23-7-9-24-10-8-23)13-22-12-16-2-1-11-25-16/h1-6,11,17,22H,7-10,12-13H2. The number of rotatable bonds is 6. The SMILES string of the molecule is FC(F)(F)c1ccc(C(CNCc2cccs2)N2CCOCC2)cc1. The minimum Gasteiger partial charge on any atom is -0.379 e. The van der Waals surface area contributed by atoms with Gasteiger partial charge in [0.1, 0.15) is 0 Å². The highest BCUT2D eigenvalue weighted by Gasteiger charge is 2.31. The highest BCUT2D eigenvalue weighted by Crippen LogP contribution is 2.31. The van der Waals surface area contributed by atoms with Crippen molar-refractivity contribution >= 4 is 11.3 Å². The van der Waals surface area contributed by atoms with Crippen molar-refractivity contribution in [2.75, 3.05) is 32.8 Å². The second-order valence-corrected chi connectivity index (χ2v) is 7.03. The van der Waals surface area contributed by atoms with Crippen molar-refractivity contribution in [3.8, 4) is 0 Å². The van der Waals surface area contributed by atoms with Crippen LogP contribution in [0.4, 0.5) is 13.2 Å². The number of ether oxygens (including phenoxy) is 1. The summed E-state index contributed by atoms with van der Waals surface area (Å²) in [7, 11) is 0. The molecule has 136 valence electrons. The van der Waals surface area contributed by atoms with Gasteiger partial charge in [-0.2, -0.15) is 13.2 Å². The van der Waals surface area contributed by atoms with E-state index in [4.69, 9.17) is 4.74 Å². The van der Waals surface area contributed by atoms with Gasteiger partial charge >= 0.3 is 6.18 Å². The van der Waals surface area contributed by atoms with E-state index in [1.54, 1.807) is 23.5 Å². The molecule has 1 fully saturated rings. The molecule has 0 saturated carbocycles. The lowest BCUT2D eigenvalue weighted by atomic mass is 10.0. The van der Waals surface area contributed by atoms with Crippen molar-refractivity contribution in [3.05, 3.63) is 57.8 Å². The lowest BCUT2D eigenvalue weighted by Gasteiger charge is -2.35. The second-order valence-electron chi connectivity index (χ2n) is 5.99. The van der Waals surface area contributed by atoms with Crippen molar-refractivity contribution in [2.45, 2.75) is 18.8 Å². The first-order valence-electron chi connectivity index (χ1n) is 8.26. The quantitative estimate of drug-likeness (QED) is 0.834. The Hall–Kier alpha value is -1.41. The number of thiophene rings is 1. The van der Waals surface area contributed by atoms with Crippen LogP contribution in [-0.4, -0.2) is 37.7 Å². The first kappa shape index (κ1) is 18.4. The molecule has 0 radical (unpaired) electrons. The molecule has 1 saturated heterocycles. The van der Waals surface area contributed by atoms with E-state index < -0.39 is 11.7 Å². The normalized spacial score (nSPS) is 17.6. The number of halogens is 3. The average Bonchev–Trinajstić information content (AvgIpc) is 3.12. The van der Waals surface area contributed by atoms with Gasteiger partial charge in [-0.25, -0.2) is 0 Å². The van der Waals surface area contributed by atoms with E-state index in [2.05, 4.69) is 16.3 Å². The Morgan fingerprint density at radius 3 is 2.44 bits per heavy atom. The highest BCUT2D eigenvalue weighted by atomic mass is 32.1. The second kappa shape index (κ2) is 8.31. The number of benzene rings is 1. The summed E-state index contributed by atoms with van der Waals surface area (Å²) in [5, 5.41) is 5.47. The van der Waals surface area contributed by atoms with Crippen LogP contribution in [0, 0.1) is 0 Å². The summed E-state index contributed by atoms with van der Waals surface area (Å²) in [5.74, 6) is 0. The molecule has 1 aliphatic heterocycles. The van der Waals surface area contributed by atoms with Gasteiger partial charge in [-0.05, 0) is 29.1 Å². The van der Waals surface area contributed by atoms with Crippen LogP contribution in [0.25, 0.3) is 0 Å². The van der Waals surface area contributed by atoms with Crippen molar-refractivity contribution in [3.63, 3.8) is 0 Å². The van der Waals surface area contributed by atoms with Gasteiger partial charge in [0.15, 0.2) is 0 Å². The Bertz CT molecular complexity index is 637. The maximum atomic E-state index is 12.8. The van der Waals surface area contributed by atoms with Crippen LogP contribution >= 0.6 is 11.3 Å². The fourth-order valence-corrected chi connectivity index (χ4v) is 3.66. The van der Waals surface area contributed by atoms with E-state index in [0.29, 0.717) is 19.8 Å². The fourth-order valence-electron chi connectivity index (χ4n) is 2.99. The number of morpholine rings is 1. The molecule has 1 N–H and O–H groups in total. The van der Waals surface area contributed by atoms with Crippen molar-refractivity contribution in [1.82, 2.24) is 10.2 Å². The first-order chi connectivity index (χ1) is 12.0. The largest absolute Gasteiger partial charge is 0.416 e. The smallest absolute Gasteiger partial charge is 0.379 e. The number of nitrogens with one attached hydrogen (secondary N) is 1. The number of nitrogens with zero attached hydrogens (tertiary/aromatic N) is 1. The van der Waals surface area contributed by atoms with Crippen LogP contribution in [-0.2, 0) is 17.5 Å². The van der Waals surface area contributed by atoms with Gasteiger partial charge in [0, 0.05) is 37.1 Å². The summed E-state index contributed by atoms with van der Waals surface area (Å²) < 4.78 is 43.8. The summed E-state index contributed by atoms with van der Waals surface area (Å²) >= 11 is 1.69. The minimum absolute atomic E-state index is 0.0335. The lowest BCUT2D eigenvalue weighted by molar-refractivity contribution is -0.137. The molecule has 25 heavy (non-hydrogen) atoms. The van der Waals surface area contributed by atoms with Crippen molar-refractivity contribution in [1.29, 1.82) is 0 Å². The molecule has 3 nitrogen and oxygen atoms in total. The number of alkyl halides is 3. The van der Waals surface area contributed by atoms with E-state index in [1.807, 2.05) is 11.4 Å². The van der Waals surface area contributed by atoms with E-state index in [0.717, 1.165) is 25.2 Å². The molecule has 1 aromatic heterocycles. The highest BCUT2D eigenvalue weighted by molar-refractivity contribution is 7.09. The van der Waals surface area contributed by atoms with Gasteiger partial charge in [0.2, 0.25) is 0 Å². The maximum absolute atomic E-state index is 12.8. The van der Waals surface area contributed by atoms with E-state index in [-0.39, 0.29) is 6.04 Å². The van der Waals surface area contributed by atoms with E-state index in [9.17, 15) is 13.2 Å². The third-order valence-electron chi connectivity index (χ3n) is 4.33. The van der Waals surface area contributed by atoms with Crippen LogP contribution in [0.1, 0.15) is 22.0 Å². The Balaban J connectivity index is 1.70.